The van der Waals surface area contributed by atoms with Crippen LogP contribution in [0.1, 0.15) is 6.42 Å². The molecule has 0 aromatic carbocycles. The molecule has 1 saturated heterocycles. The summed E-state index contributed by atoms with van der Waals surface area (Å²) in [4.78, 5) is 11.5. The number of methoxy groups -OCH3 is 1. The smallest absolute Gasteiger partial charge is 0.250 e. The highest BCUT2D eigenvalue weighted by Gasteiger charge is 2.21. The molecular weight excluding hydrogens is 212 g/mol. The number of hydrogen-bond donors (Lipinski definition) is 3. The lowest BCUT2D eigenvalue weighted by atomic mass is 10.2. The first kappa shape index (κ1) is 13.4. The number of ether oxygens (including phenoxy) is 2. The van der Waals surface area contributed by atoms with Gasteiger partial charge >= 0.3 is 0 Å². The molecule has 6 heteroatoms. The zero-order valence-corrected chi connectivity index (χ0v) is 9.57. The van der Waals surface area contributed by atoms with Crippen LogP contribution in [0.3, 0.4) is 0 Å². The number of rotatable bonds is 6. The number of amides is 1. The van der Waals surface area contributed by atoms with Gasteiger partial charge in [0.1, 0.15) is 6.10 Å². The van der Waals surface area contributed by atoms with E-state index in [0.717, 1.165) is 6.54 Å². The van der Waals surface area contributed by atoms with E-state index in [1.807, 2.05) is 0 Å². The van der Waals surface area contributed by atoms with E-state index in [9.17, 15) is 9.90 Å². The molecule has 0 aromatic heterocycles. The van der Waals surface area contributed by atoms with Gasteiger partial charge in [-0.3, -0.25) is 4.79 Å². The molecule has 6 nitrogen and oxygen atoms in total. The lowest BCUT2D eigenvalue weighted by Gasteiger charge is -2.22. The van der Waals surface area contributed by atoms with Crippen LogP contribution in [0.25, 0.3) is 0 Å². The highest BCUT2D eigenvalue weighted by Crippen LogP contribution is 1.96. The molecular formula is C10H20N2O4. The van der Waals surface area contributed by atoms with Gasteiger partial charge in [-0.05, 0) is 6.42 Å². The second-order valence-electron chi connectivity index (χ2n) is 3.75. The number of nitrogens with one attached hydrogen (secondary N) is 2. The summed E-state index contributed by atoms with van der Waals surface area (Å²) < 4.78 is 10.1. The van der Waals surface area contributed by atoms with E-state index >= 15 is 0 Å². The van der Waals surface area contributed by atoms with E-state index in [1.54, 1.807) is 0 Å². The summed E-state index contributed by atoms with van der Waals surface area (Å²) in [6.45, 7) is 2.62. The van der Waals surface area contributed by atoms with Gasteiger partial charge in [0.2, 0.25) is 5.91 Å². The standard InChI is InChI=1S/C10H20N2O4/c1-15-7-8(13)2-3-12-10(14)9-6-11-4-5-16-9/h8-9,11,13H,2-7H2,1H3,(H,12,14). The number of aliphatic hydroxyl groups is 1. The van der Waals surface area contributed by atoms with Gasteiger partial charge in [0.15, 0.2) is 0 Å². The third kappa shape index (κ3) is 4.89. The molecule has 1 amide bonds. The Kier molecular flexibility index (Phi) is 6.32. The van der Waals surface area contributed by atoms with Crippen molar-refractivity contribution in [1.29, 1.82) is 0 Å². The number of morpholine rings is 1. The Morgan fingerprint density at radius 2 is 2.56 bits per heavy atom. The van der Waals surface area contributed by atoms with Crippen LogP contribution < -0.4 is 10.6 Å². The lowest BCUT2D eigenvalue weighted by molar-refractivity contribution is -0.134. The molecule has 1 aliphatic heterocycles. The van der Waals surface area contributed by atoms with Crippen LogP contribution in [0.15, 0.2) is 0 Å². The highest BCUT2D eigenvalue weighted by molar-refractivity contribution is 5.81. The van der Waals surface area contributed by atoms with E-state index in [0.29, 0.717) is 26.1 Å². The van der Waals surface area contributed by atoms with Gasteiger partial charge in [-0.2, -0.15) is 0 Å². The normalized spacial score (nSPS) is 22.8. The van der Waals surface area contributed by atoms with E-state index in [-0.39, 0.29) is 12.5 Å². The van der Waals surface area contributed by atoms with Crippen molar-refractivity contribution in [3.8, 4) is 0 Å². The molecule has 1 fully saturated rings. The fourth-order valence-corrected chi connectivity index (χ4v) is 1.49. The molecule has 0 aliphatic carbocycles. The summed E-state index contributed by atoms with van der Waals surface area (Å²) in [5.41, 5.74) is 0. The summed E-state index contributed by atoms with van der Waals surface area (Å²) in [7, 11) is 1.53. The van der Waals surface area contributed by atoms with Gasteiger partial charge < -0.3 is 25.2 Å². The van der Waals surface area contributed by atoms with Crippen molar-refractivity contribution in [3.05, 3.63) is 0 Å². The Hall–Kier alpha value is -0.690. The molecule has 2 atom stereocenters. The molecule has 1 rings (SSSR count). The van der Waals surface area contributed by atoms with E-state index in [2.05, 4.69) is 10.6 Å². The molecule has 0 aromatic rings. The SMILES string of the molecule is COCC(O)CCNC(=O)C1CNCCO1. The first-order valence-electron chi connectivity index (χ1n) is 5.51. The van der Waals surface area contributed by atoms with Gasteiger partial charge in [-0.15, -0.1) is 0 Å². The minimum atomic E-state index is -0.532. The monoisotopic (exact) mass is 232 g/mol. The van der Waals surface area contributed by atoms with Gasteiger partial charge in [-0.25, -0.2) is 0 Å². The van der Waals surface area contributed by atoms with Crippen LogP contribution in [-0.4, -0.2) is 63.2 Å². The molecule has 0 spiro atoms. The maximum absolute atomic E-state index is 11.5. The summed E-state index contributed by atoms with van der Waals surface area (Å²) in [5, 5.41) is 15.2. The third-order valence-electron chi connectivity index (χ3n) is 2.36. The zero-order chi connectivity index (χ0) is 11.8. The zero-order valence-electron chi connectivity index (χ0n) is 9.57. The quantitative estimate of drug-likeness (QED) is 0.519. The van der Waals surface area contributed by atoms with E-state index in [1.165, 1.54) is 7.11 Å². The molecule has 1 aliphatic rings. The van der Waals surface area contributed by atoms with Crippen LogP contribution >= 0.6 is 0 Å². The van der Waals surface area contributed by atoms with Crippen LogP contribution in [0.2, 0.25) is 0 Å². The highest BCUT2D eigenvalue weighted by atomic mass is 16.5. The fraction of sp³-hybridized carbons (Fsp3) is 0.900. The lowest BCUT2D eigenvalue weighted by Crippen LogP contribution is -2.48. The molecule has 94 valence electrons. The largest absolute Gasteiger partial charge is 0.391 e. The molecule has 0 bridgehead atoms. The molecule has 2 unspecified atom stereocenters. The molecule has 3 N–H and O–H groups in total. The van der Waals surface area contributed by atoms with Crippen molar-refractivity contribution < 1.29 is 19.4 Å². The second kappa shape index (κ2) is 7.56. The van der Waals surface area contributed by atoms with Crippen molar-refractivity contribution >= 4 is 5.91 Å². The van der Waals surface area contributed by atoms with Crippen molar-refractivity contribution in [1.82, 2.24) is 10.6 Å². The second-order valence-corrected chi connectivity index (χ2v) is 3.75. The van der Waals surface area contributed by atoms with Crippen LogP contribution in [-0.2, 0) is 14.3 Å². The Morgan fingerprint density at radius 3 is 3.19 bits per heavy atom. The Labute approximate surface area is 95.3 Å². The first-order chi connectivity index (χ1) is 7.74. The minimum absolute atomic E-state index is 0.128. The van der Waals surface area contributed by atoms with Crippen LogP contribution in [0, 0.1) is 0 Å². The topological polar surface area (TPSA) is 79.8 Å². The van der Waals surface area contributed by atoms with Gasteiger partial charge in [0.25, 0.3) is 0 Å². The first-order valence-corrected chi connectivity index (χ1v) is 5.51. The van der Waals surface area contributed by atoms with Crippen LogP contribution in [0.4, 0.5) is 0 Å². The Morgan fingerprint density at radius 1 is 1.75 bits per heavy atom. The average Bonchev–Trinajstić information content (AvgIpc) is 2.30. The summed E-state index contributed by atoms with van der Waals surface area (Å²) in [6.07, 6.45) is -0.455. The number of carbonyl (C=O) groups excluding carboxylic acids is 1. The fourth-order valence-electron chi connectivity index (χ4n) is 1.49. The number of aliphatic hydroxyl groups excluding tert-OH is 1. The van der Waals surface area contributed by atoms with Gasteiger partial charge in [-0.1, -0.05) is 0 Å². The van der Waals surface area contributed by atoms with Crippen molar-refractivity contribution in [2.75, 3.05) is 40.0 Å². The summed E-state index contributed by atoms with van der Waals surface area (Å²) >= 11 is 0. The van der Waals surface area contributed by atoms with Gasteiger partial charge in [0.05, 0.1) is 19.3 Å². The summed E-state index contributed by atoms with van der Waals surface area (Å²) in [5.74, 6) is -0.128. The van der Waals surface area contributed by atoms with E-state index < -0.39 is 12.2 Å². The predicted molar refractivity (Wildman–Crippen MR) is 58.1 cm³/mol. The van der Waals surface area contributed by atoms with E-state index in [4.69, 9.17) is 9.47 Å². The van der Waals surface area contributed by atoms with Crippen molar-refractivity contribution in [2.45, 2.75) is 18.6 Å². The molecule has 0 radical (unpaired) electrons. The Balaban J connectivity index is 2.09. The average molecular weight is 232 g/mol. The predicted octanol–water partition coefficient (Wildman–Crippen LogP) is -1.51. The molecule has 1 heterocycles. The third-order valence-corrected chi connectivity index (χ3v) is 2.36. The van der Waals surface area contributed by atoms with Gasteiger partial charge in [0, 0.05) is 26.7 Å². The maximum Gasteiger partial charge on any atom is 0.250 e. The van der Waals surface area contributed by atoms with Crippen LogP contribution in [0.5, 0.6) is 0 Å². The molecule has 0 saturated carbocycles. The molecule has 16 heavy (non-hydrogen) atoms. The maximum atomic E-state index is 11.5. The van der Waals surface area contributed by atoms with Crippen molar-refractivity contribution in [3.63, 3.8) is 0 Å². The van der Waals surface area contributed by atoms with Crippen molar-refractivity contribution in [2.24, 2.45) is 0 Å². The minimum Gasteiger partial charge on any atom is -0.391 e. The Bertz CT molecular complexity index is 207. The number of carbonyl (C=O) groups is 1. The summed E-state index contributed by atoms with van der Waals surface area (Å²) in [6, 6.07) is 0. The number of hydrogen-bond acceptors (Lipinski definition) is 5.